The maximum absolute atomic E-state index is 14.1. The molecule has 0 bridgehead atoms. The van der Waals surface area contributed by atoms with Crippen molar-refractivity contribution < 1.29 is 13.6 Å². The minimum atomic E-state index is -0.312. The number of halogens is 1. The van der Waals surface area contributed by atoms with E-state index in [2.05, 4.69) is 10.4 Å². The van der Waals surface area contributed by atoms with E-state index in [9.17, 15) is 9.18 Å². The highest BCUT2D eigenvalue weighted by Gasteiger charge is 2.21. The Kier molecular flexibility index (Phi) is 4.07. The fourth-order valence-electron chi connectivity index (χ4n) is 3.26. The van der Waals surface area contributed by atoms with E-state index in [1.807, 2.05) is 20.9 Å². The van der Waals surface area contributed by atoms with Crippen LogP contribution in [0.5, 0.6) is 0 Å². The van der Waals surface area contributed by atoms with Crippen LogP contribution >= 0.6 is 0 Å². The molecule has 0 aliphatic rings. The van der Waals surface area contributed by atoms with Gasteiger partial charge in [-0.1, -0.05) is 18.2 Å². The topological polar surface area (TPSA) is 65.0 Å². The van der Waals surface area contributed by atoms with Gasteiger partial charge in [0.25, 0.3) is 5.91 Å². The molecule has 7 heteroatoms. The molecular formula is C20H19FN4O2. The quantitative estimate of drug-likeness (QED) is 0.593. The first-order valence-electron chi connectivity index (χ1n) is 8.57. The SMILES string of the molecule is Cc1nn(C)c(C)c1NC(=O)c1cc2occc2n1Cc1ccccc1F. The summed E-state index contributed by atoms with van der Waals surface area (Å²) < 4.78 is 23.1. The highest BCUT2D eigenvalue weighted by Crippen LogP contribution is 2.25. The van der Waals surface area contributed by atoms with Crippen LogP contribution in [0.15, 0.2) is 47.1 Å². The second-order valence-electron chi connectivity index (χ2n) is 6.50. The third kappa shape index (κ3) is 2.91. The monoisotopic (exact) mass is 366 g/mol. The molecule has 0 aliphatic carbocycles. The molecule has 0 radical (unpaired) electrons. The van der Waals surface area contributed by atoms with Gasteiger partial charge in [0, 0.05) is 24.7 Å². The van der Waals surface area contributed by atoms with Gasteiger partial charge in [0.1, 0.15) is 11.5 Å². The fraction of sp³-hybridized carbons (Fsp3) is 0.200. The summed E-state index contributed by atoms with van der Waals surface area (Å²) in [6, 6.07) is 9.98. The average molecular weight is 366 g/mol. The summed E-state index contributed by atoms with van der Waals surface area (Å²) in [7, 11) is 1.83. The Labute approximate surface area is 155 Å². The number of benzene rings is 1. The molecule has 0 spiro atoms. The zero-order chi connectivity index (χ0) is 19.1. The predicted molar refractivity (Wildman–Crippen MR) is 100 cm³/mol. The van der Waals surface area contributed by atoms with Crippen molar-refractivity contribution in [2.24, 2.45) is 7.05 Å². The number of amides is 1. The Morgan fingerprint density at radius 3 is 2.74 bits per heavy atom. The molecule has 0 aliphatic heterocycles. The number of carbonyl (C=O) groups excluding carboxylic acids is 1. The van der Waals surface area contributed by atoms with Crippen LogP contribution in [0.3, 0.4) is 0 Å². The number of hydrogen-bond acceptors (Lipinski definition) is 3. The first kappa shape index (κ1) is 17.1. The van der Waals surface area contributed by atoms with Crippen LogP contribution in [0.4, 0.5) is 10.1 Å². The third-order valence-corrected chi connectivity index (χ3v) is 4.79. The van der Waals surface area contributed by atoms with E-state index in [1.165, 1.54) is 6.07 Å². The number of fused-ring (bicyclic) bond motifs is 1. The van der Waals surface area contributed by atoms with Crippen LogP contribution in [0.1, 0.15) is 27.4 Å². The Hall–Kier alpha value is -3.35. The molecule has 0 atom stereocenters. The van der Waals surface area contributed by atoms with E-state index >= 15 is 0 Å². The smallest absolute Gasteiger partial charge is 0.272 e. The molecule has 1 aromatic carbocycles. The van der Waals surface area contributed by atoms with Crippen molar-refractivity contribution >= 4 is 22.7 Å². The minimum absolute atomic E-state index is 0.226. The number of furan rings is 1. The summed E-state index contributed by atoms with van der Waals surface area (Å²) in [4.78, 5) is 13.0. The maximum Gasteiger partial charge on any atom is 0.272 e. The molecular weight excluding hydrogens is 347 g/mol. The van der Waals surface area contributed by atoms with Crippen LogP contribution in [-0.4, -0.2) is 20.3 Å². The normalized spacial score (nSPS) is 11.3. The number of rotatable bonds is 4. The number of aryl methyl sites for hydroxylation is 2. The van der Waals surface area contributed by atoms with E-state index < -0.39 is 0 Å². The van der Waals surface area contributed by atoms with E-state index in [0.717, 1.165) is 16.9 Å². The molecule has 27 heavy (non-hydrogen) atoms. The fourth-order valence-corrected chi connectivity index (χ4v) is 3.26. The summed E-state index contributed by atoms with van der Waals surface area (Å²) in [6.07, 6.45) is 1.56. The van der Waals surface area contributed by atoms with Crippen molar-refractivity contribution in [3.05, 3.63) is 71.1 Å². The average Bonchev–Trinajstić information content (AvgIpc) is 3.28. The van der Waals surface area contributed by atoms with Gasteiger partial charge >= 0.3 is 0 Å². The Balaban J connectivity index is 1.74. The highest BCUT2D eigenvalue weighted by molar-refractivity contribution is 6.06. The van der Waals surface area contributed by atoms with Crippen molar-refractivity contribution in [2.45, 2.75) is 20.4 Å². The molecule has 6 nitrogen and oxygen atoms in total. The van der Waals surface area contributed by atoms with Gasteiger partial charge in [-0.25, -0.2) is 4.39 Å². The van der Waals surface area contributed by atoms with Gasteiger partial charge in [0.15, 0.2) is 5.58 Å². The number of nitrogens with one attached hydrogen (secondary N) is 1. The number of carbonyl (C=O) groups is 1. The third-order valence-electron chi connectivity index (χ3n) is 4.79. The van der Waals surface area contributed by atoms with E-state index in [0.29, 0.717) is 22.5 Å². The molecule has 4 rings (SSSR count). The summed E-state index contributed by atoms with van der Waals surface area (Å²) in [5.74, 6) is -0.606. The molecule has 0 unspecified atom stereocenters. The zero-order valence-electron chi connectivity index (χ0n) is 15.3. The van der Waals surface area contributed by atoms with Gasteiger partial charge in [-0.05, 0) is 19.9 Å². The van der Waals surface area contributed by atoms with Gasteiger partial charge in [0.05, 0.1) is 35.4 Å². The lowest BCUT2D eigenvalue weighted by Crippen LogP contribution is -2.18. The lowest BCUT2D eigenvalue weighted by atomic mass is 10.2. The largest absolute Gasteiger partial charge is 0.463 e. The first-order chi connectivity index (χ1) is 13.0. The summed E-state index contributed by atoms with van der Waals surface area (Å²) in [5, 5.41) is 7.25. The molecule has 3 aromatic heterocycles. The van der Waals surface area contributed by atoms with Crippen molar-refractivity contribution in [1.29, 1.82) is 0 Å². The lowest BCUT2D eigenvalue weighted by molar-refractivity contribution is 0.101. The Morgan fingerprint density at radius 1 is 1.26 bits per heavy atom. The molecule has 3 heterocycles. The van der Waals surface area contributed by atoms with E-state index in [-0.39, 0.29) is 18.3 Å². The second-order valence-corrected chi connectivity index (χ2v) is 6.50. The molecule has 4 aromatic rings. The number of anilines is 1. The van der Waals surface area contributed by atoms with E-state index in [1.54, 1.807) is 45.8 Å². The standard InChI is InChI=1S/C20H19FN4O2/c1-12-19(13(2)24(3)23-12)22-20(26)17-10-18-16(8-9-27-18)25(17)11-14-6-4-5-7-15(14)21/h4-10H,11H2,1-3H3,(H,22,26). The van der Waals surface area contributed by atoms with E-state index in [4.69, 9.17) is 4.42 Å². The van der Waals surface area contributed by atoms with Crippen molar-refractivity contribution in [2.75, 3.05) is 5.32 Å². The maximum atomic E-state index is 14.1. The minimum Gasteiger partial charge on any atom is -0.463 e. The Morgan fingerprint density at radius 2 is 2.04 bits per heavy atom. The van der Waals surface area contributed by atoms with Gasteiger partial charge in [-0.3, -0.25) is 9.48 Å². The number of aromatic nitrogens is 3. The van der Waals surface area contributed by atoms with Crippen molar-refractivity contribution in [3.8, 4) is 0 Å². The van der Waals surface area contributed by atoms with Crippen LogP contribution in [-0.2, 0) is 13.6 Å². The van der Waals surface area contributed by atoms with Gasteiger partial charge in [-0.15, -0.1) is 0 Å². The van der Waals surface area contributed by atoms with Gasteiger partial charge < -0.3 is 14.3 Å². The van der Waals surface area contributed by atoms with Crippen molar-refractivity contribution in [1.82, 2.24) is 14.3 Å². The van der Waals surface area contributed by atoms with Crippen molar-refractivity contribution in [3.63, 3.8) is 0 Å². The van der Waals surface area contributed by atoms with Crippen LogP contribution in [0.2, 0.25) is 0 Å². The zero-order valence-corrected chi connectivity index (χ0v) is 15.3. The predicted octanol–water partition coefficient (Wildman–Crippen LogP) is 4.02. The van der Waals surface area contributed by atoms with Gasteiger partial charge in [-0.2, -0.15) is 5.10 Å². The second kappa shape index (κ2) is 6.42. The van der Waals surface area contributed by atoms with Gasteiger partial charge in [0.2, 0.25) is 0 Å². The van der Waals surface area contributed by atoms with Crippen LogP contribution in [0.25, 0.3) is 11.1 Å². The number of nitrogens with zero attached hydrogens (tertiary/aromatic N) is 3. The molecule has 1 N–H and O–H groups in total. The highest BCUT2D eigenvalue weighted by atomic mass is 19.1. The van der Waals surface area contributed by atoms with Crippen LogP contribution in [0, 0.1) is 19.7 Å². The molecule has 0 fully saturated rings. The summed E-state index contributed by atoms with van der Waals surface area (Å²) >= 11 is 0. The first-order valence-corrected chi connectivity index (χ1v) is 8.57. The molecule has 0 saturated carbocycles. The molecule has 0 saturated heterocycles. The number of hydrogen-bond donors (Lipinski definition) is 1. The molecule has 138 valence electrons. The lowest BCUT2D eigenvalue weighted by Gasteiger charge is -2.11. The Bertz CT molecular complexity index is 1150. The molecule has 1 amide bonds. The van der Waals surface area contributed by atoms with Crippen LogP contribution < -0.4 is 5.32 Å². The summed E-state index contributed by atoms with van der Waals surface area (Å²) in [5.41, 5.74) is 4.49. The summed E-state index contributed by atoms with van der Waals surface area (Å²) in [6.45, 7) is 3.95.